The molecule has 0 aromatic heterocycles. The molecule has 0 aliphatic rings. The number of carbonyl (C=O) groups excluding carboxylic acids is 1. The van der Waals surface area contributed by atoms with Crippen LogP contribution in [0.4, 0.5) is 5.69 Å². The van der Waals surface area contributed by atoms with Crippen LogP contribution < -0.4 is 14.8 Å². The number of amides is 1. The van der Waals surface area contributed by atoms with E-state index in [1.54, 1.807) is 36.4 Å². The van der Waals surface area contributed by atoms with Crippen molar-refractivity contribution in [1.29, 1.82) is 0 Å². The van der Waals surface area contributed by atoms with Gasteiger partial charge in [-0.15, -0.1) is 0 Å². The van der Waals surface area contributed by atoms with Gasteiger partial charge in [-0.3, -0.25) is 4.79 Å². The molecule has 0 radical (unpaired) electrons. The normalized spacial score (nSPS) is 10.1. The van der Waals surface area contributed by atoms with Gasteiger partial charge < -0.3 is 14.8 Å². The lowest BCUT2D eigenvalue weighted by atomic mass is 10.1. The smallest absolute Gasteiger partial charge is 0.259 e. The van der Waals surface area contributed by atoms with Gasteiger partial charge in [0.15, 0.2) is 11.5 Å². The highest BCUT2D eigenvalue weighted by Gasteiger charge is 2.17. The molecule has 0 unspecified atom stereocenters. The van der Waals surface area contributed by atoms with Gasteiger partial charge in [0.05, 0.1) is 19.8 Å². The molecule has 110 valence electrons. The monoisotopic (exact) mass is 305 g/mol. The highest BCUT2D eigenvalue weighted by molar-refractivity contribution is 6.30. The molecule has 2 rings (SSSR count). The zero-order chi connectivity index (χ0) is 15.4. The minimum atomic E-state index is -0.267. The van der Waals surface area contributed by atoms with E-state index in [1.165, 1.54) is 14.2 Å². The van der Waals surface area contributed by atoms with Crippen LogP contribution in [0.3, 0.4) is 0 Å². The molecule has 0 fully saturated rings. The van der Waals surface area contributed by atoms with Crippen molar-refractivity contribution in [2.45, 2.75) is 6.92 Å². The van der Waals surface area contributed by atoms with Gasteiger partial charge in [0.2, 0.25) is 0 Å². The Morgan fingerprint density at radius 3 is 2.52 bits per heavy atom. The van der Waals surface area contributed by atoms with Gasteiger partial charge in [-0.25, -0.2) is 0 Å². The summed E-state index contributed by atoms with van der Waals surface area (Å²) in [5.74, 6) is 0.651. The highest BCUT2D eigenvalue weighted by Crippen LogP contribution is 2.31. The van der Waals surface area contributed by atoms with E-state index in [0.29, 0.717) is 27.8 Å². The van der Waals surface area contributed by atoms with E-state index in [2.05, 4.69) is 5.32 Å². The van der Waals surface area contributed by atoms with Crippen molar-refractivity contribution in [2.75, 3.05) is 19.5 Å². The third-order valence-corrected chi connectivity index (χ3v) is 3.32. The zero-order valence-corrected chi connectivity index (χ0v) is 12.8. The maximum absolute atomic E-state index is 12.4. The summed E-state index contributed by atoms with van der Waals surface area (Å²) in [5, 5.41) is 3.48. The van der Waals surface area contributed by atoms with Crippen LogP contribution in [0.5, 0.6) is 11.5 Å². The summed E-state index contributed by atoms with van der Waals surface area (Å²) in [6.45, 7) is 1.88. The van der Waals surface area contributed by atoms with Gasteiger partial charge in [-0.05, 0) is 42.8 Å². The number of para-hydroxylation sites is 1. The van der Waals surface area contributed by atoms with E-state index in [4.69, 9.17) is 21.1 Å². The summed E-state index contributed by atoms with van der Waals surface area (Å²) < 4.78 is 10.5. The first-order valence-electron chi connectivity index (χ1n) is 6.35. The molecule has 0 heterocycles. The van der Waals surface area contributed by atoms with Crippen molar-refractivity contribution in [3.05, 3.63) is 52.5 Å². The van der Waals surface area contributed by atoms with Gasteiger partial charge in [-0.2, -0.15) is 0 Å². The molecular formula is C16H16ClNO3. The molecule has 0 aliphatic heterocycles. The van der Waals surface area contributed by atoms with Crippen molar-refractivity contribution < 1.29 is 14.3 Å². The van der Waals surface area contributed by atoms with Crippen molar-refractivity contribution in [1.82, 2.24) is 0 Å². The summed E-state index contributed by atoms with van der Waals surface area (Å²) in [6.07, 6.45) is 0. The predicted octanol–water partition coefficient (Wildman–Crippen LogP) is 3.92. The molecule has 5 heteroatoms. The third-order valence-electron chi connectivity index (χ3n) is 3.08. The molecule has 1 amide bonds. The van der Waals surface area contributed by atoms with E-state index in [-0.39, 0.29) is 5.91 Å². The molecule has 2 aromatic rings. The number of methoxy groups -OCH3 is 2. The number of aryl methyl sites for hydroxylation is 1. The Labute approximate surface area is 128 Å². The van der Waals surface area contributed by atoms with Gasteiger partial charge in [0, 0.05) is 10.7 Å². The number of benzene rings is 2. The Morgan fingerprint density at radius 2 is 1.90 bits per heavy atom. The van der Waals surface area contributed by atoms with Crippen LogP contribution in [0.25, 0.3) is 0 Å². The number of anilines is 1. The Bertz CT molecular complexity index is 671. The van der Waals surface area contributed by atoms with E-state index >= 15 is 0 Å². The minimum absolute atomic E-state index is 0.267. The number of rotatable bonds is 4. The summed E-state index contributed by atoms with van der Waals surface area (Å²) >= 11 is 5.91. The Kier molecular flexibility index (Phi) is 4.70. The van der Waals surface area contributed by atoms with Crippen LogP contribution in [0, 0.1) is 6.92 Å². The van der Waals surface area contributed by atoms with Gasteiger partial charge in [0.1, 0.15) is 0 Å². The van der Waals surface area contributed by atoms with Crippen LogP contribution in [0.1, 0.15) is 15.9 Å². The number of halogens is 1. The summed E-state index contributed by atoms with van der Waals surface area (Å²) in [6, 6.07) is 10.4. The lowest BCUT2D eigenvalue weighted by Gasteiger charge is -2.13. The first-order chi connectivity index (χ1) is 10.1. The number of nitrogens with one attached hydrogen (secondary N) is 1. The van der Waals surface area contributed by atoms with Crippen molar-refractivity contribution >= 4 is 23.2 Å². The second-order valence-corrected chi connectivity index (χ2v) is 4.89. The van der Waals surface area contributed by atoms with Crippen molar-refractivity contribution in [3.8, 4) is 11.5 Å². The summed E-state index contributed by atoms with van der Waals surface area (Å²) in [7, 11) is 3.03. The van der Waals surface area contributed by atoms with Crippen LogP contribution in [-0.2, 0) is 0 Å². The fourth-order valence-corrected chi connectivity index (χ4v) is 2.25. The standard InChI is InChI=1S/C16H16ClNO3/c1-10-9-11(17)7-8-13(10)18-16(19)12-5-4-6-14(20-2)15(12)21-3/h4-9H,1-3H3,(H,18,19). The molecule has 0 atom stereocenters. The molecule has 0 saturated heterocycles. The fraction of sp³-hybridized carbons (Fsp3) is 0.188. The van der Waals surface area contributed by atoms with E-state index in [9.17, 15) is 4.79 Å². The first kappa shape index (κ1) is 15.2. The third kappa shape index (κ3) is 3.28. The summed E-state index contributed by atoms with van der Waals surface area (Å²) in [4.78, 5) is 12.4. The minimum Gasteiger partial charge on any atom is -0.493 e. The number of carbonyl (C=O) groups is 1. The molecule has 2 aromatic carbocycles. The Balaban J connectivity index is 2.32. The number of ether oxygens (including phenoxy) is 2. The quantitative estimate of drug-likeness (QED) is 0.931. The van der Waals surface area contributed by atoms with Gasteiger partial charge >= 0.3 is 0 Å². The Morgan fingerprint density at radius 1 is 1.14 bits per heavy atom. The van der Waals surface area contributed by atoms with Crippen molar-refractivity contribution in [2.24, 2.45) is 0 Å². The molecule has 21 heavy (non-hydrogen) atoms. The maximum Gasteiger partial charge on any atom is 0.259 e. The summed E-state index contributed by atoms with van der Waals surface area (Å²) in [5.41, 5.74) is 2.00. The average Bonchev–Trinajstić information content (AvgIpc) is 2.49. The number of hydrogen-bond acceptors (Lipinski definition) is 3. The zero-order valence-electron chi connectivity index (χ0n) is 12.1. The van der Waals surface area contributed by atoms with Crippen LogP contribution in [-0.4, -0.2) is 20.1 Å². The fourth-order valence-electron chi connectivity index (χ4n) is 2.02. The largest absolute Gasteiger partial charge is 0.493 e. The second-order valence-electron chi connectivity index (χ2n) is 4.45. The second kappa shape index (κ2) is 6.50. The van der Waals surface area contributed by atoms with Crippen molar-refractivity contribution in [3.63, 3.8) is 0 Å². The average molecular weight is 306 g/mol. The number of hydrogen-bond donors (Lipinski definition) is 1. The lowest BCUT2D eigenvalue weighted by Crippen LogP contribution is -2.14. The molecule has 0 saturated carbocycles. The van der Waals surface area contributed by atoms with Gasteiger partial charge in [-0.1, -0.05) is 17.7 Å². The SMILES string of the molecule is COc1cccc(C(=O)Nc2ccc(Cl)cc2C)c1OC. The first-order valence-corrected chi connectivity index (χ1v) is 6.73. The molecule has 1 N–H and O–H groups in total. The molecule has 0 bridgehead atoms. The van der Waals surface area contributed by atoms with Crippen LogP contribution in [0.2, 0.25) is 5.02 Å². The molecule has 0 spiro atoms. The topological polar surface area (TPSA) is 47.6 Å². The van der Waals surface area contributed by atoms with Crippen LogP contribution >= 0.6 is 11.6 Å². The lowest BCUT2D eigenvalue weighted by molar-refractivity contribution is 0.102. The van der Waals surface area contributed by atoms with E-state index in [1.807, 2.05) is 6.92 Å². The van der Waals surface area contributed by atoms with Crippen LogP contribution in [0.15, 0.2) is 36.4 Å². The predicted molar refractivity (Wildman–Crippen MR) is 83.7 cm³/mol. The highest BCUT2D eigenvalue weighted by atomic mass is 35.5. The molecular weight excluding hydrogens is 290 g/mol. The Hall–Kier alpha value is -2.20. The maximum atomic E-state index is 12.4. The van der Waals surface area contributed by atoms with E-state index < -0.39 is 0 Å². The molecule has 0 aliphatic carbocycles. The molecule has 4 nitrogen and oxygen atoms in total. The van der Waals surface area contributed by atoms with E-state index in [0.717, 1.165) is 5.56 Å². The van der Waals surface area contributed by atoms with Gasteiger partial charge in [0.25, 0.3) is 5.91 Å².